The minimum Gasteiger partial charge on any atom is -0.368 e. The number of rotatable bonds is 6. The van der Waals surface area contributed by atoms with Gasteiger partial charge in [-0.15, -0.1) is 10.2 Å². The summed E-state index contributed by atoms with van der Waals surface area (Å²) >= 11 is 0. The third-order valence-corrected chi connectivity index (χ3v) is 5.46. The van der Waals surface area contributed by atoms with E-state index in [1.165, 1.54) is 0 Å². The van der Waals surface area contributed by atoms with E-state index in [0.717, 1.165) is 35.5 Å². The van der Waals surface area contributed by atoms with Crippen LogP contribution in [-0.2, 0) is 4.74 Å². The number of hydrogen-bond donors (Lipinski definition) is 3. The van der Waals surface area contributed by atoms with E-state index in [-0.39, 0.29) is 2.85 Å². The molecule has 0 bridgehead atoms. The van der Waals surface area contributed by atoms with Crippen molar-refractivity contribution in [3.05, 3.63) is 24.3 Å². The van der Waals surface area contributed by atoms with Gasteiger partial charge in [0.05, 0.1) is 18.4 Å². The van der Waals surface area contributed by atoms with Crippen LogP contribution in [0.5, 0.6) is 0 Å². The van der Waals surface area contributed by atoms with Crippen LogP contribution in [0.25, 0.3) is 16.8 Å². The summed E-state index contributed by atoms with van der Waals surface area (Å²) in [5, 5.41) is 21.6. The van der Waals surface area contributed by atoms with Crippen molar-refractivity contribution in [3.8, 4) is 0 Å². The maximum atomic E-state index is 9.27. The normalized spacial score (nSPS) is 24.9. The lowest BCUT2D eigenvalue weighted by Crippen LogP contribution is -2.31. The van der Waals surface area contributed by atoms with Crippen LogP contribution in [0, 0.1) is 11.8 Å². The van der Waals surface area contributed by atoms with Gasteiger partial charge in [0.15, 0.2) is 17.6 Å². The molecule has 0 radical (unpaired) electrons. The van der Waals surface area contributed by atoms with Crippen LogP contribution >= 0.6 is 0 Å². The number of aromatic nitrogens is 5. The number of ether oxygens (including phenoxy) is 1. The SMILES string of the molecule is CC(O)OCN[C@H]1C[C@@H](c2nnc3cnc4[nH]ccc4n23)[C@H](C(C)C)C1.[HH].[HH]. The predicted molar refractivity (Wildman–Crippen MR) is 102 cm³/mol. The molecule has 1 aliphatic carbocycles. The zero-order chi connectivity index (χ0) is 18.3. The van der Waals surface area contributed by atoms with E-state index in [1.54, 1.807) is 13.1 Å². The summed E-state index contributed by atoms with van der Waals surface area (Å²) in [6, 6.07) is 2.36. The fourth-order valence-corrected chi connectivity index (χ4v) is 4.20. The van der Waals surface area contributed by atoms with Crippen molar-refractivity contribution >= 4 is 16.8 Å². The fourth-order valence-electron chi connectivity index (χ4n) is 4.20. The lowest BCUT2D eigenvalue weighted by Gasteiger charge is -2.21. The van der Waals surface area contributed by atoms with E-state index in [0.29, 0.717) is 30.5 Å². The molecule has 4 atom stereocenters. The van der Waals surface area contributed by atoms with E-state index in [2.05, 4.69) is 43.7 Å². The van der Waals surface area contributed by atoms with Crippen molar-refractivity contribution in [2.75, 3.05) is 6.73 Å². The predicted octanol–water partition coefficient (Wildman–Crippen LogP) is 2.52. The first kappa shape index (κ1) is 17.4. The van der Waals surface area contributed by atoms with Gasteiger partial charge in [-0.1, -0.05) is 13.8 Å². The monoisotopic (exact) mass is 362 g/mol. The smallest absolute Gasteiger partial charge is 0.179 e. The van der Waals surface area contributed by atoms with E-state index in [9.17, 15) is 5.11 Å². The molecule has 3 heterocycles. The Balaban J connectivity index is 0.00000140. The van der Waals surface area contributed by atoms with Crippen LogP contribution in [0.4, 0.5) is 0 Å². The Hall–Kier alpha value is -2.03. The average Bonchev–Trinajstić information content (AvgIpc) is 3.30. The van der Waals surface area contributed by atoms with Crippen LogP contribution in [0.3, 0.4) is 0 Å². The second kappa shape index (κ2) is 6.94. The molecule has 0 saturated heterocycles. The summed E-state index contributed by atoms with van der Waals surface area (Å²) in [6.07, 6.45) is 4.94. The molecule has 3 aromatic heterocycles. The summed E-state index contributed by atoms with van der Waals surface area (Å²) in [6.45, 7) is 6.51. The second-order valence-corrected chi connectivity index (χ2v) is 7.52. The Morgan fingerprint density at radius 2 is 2.23 bits per heavy atom. The van der Waals surface area contributed by atoms with Crippen LogP contribution < -0.4 is 5.32 Å². The molecule has 4 rings (SSSR count). The lowest BCUT2D eigenvalue weighted by molar-refractivity contribution is -0.0931. The maximum absolute atomic E-state index is 9.27. The highest BCUT2D eigenvalue weighted by molar-refractivity contribution is 5.74. The molecule has 1 aliphatic rings. The molecule has 1 saturated carbocycles. The third kappa shape index (κ3) is 3.08. The maximum Gasteiger partial charge on any atom is 0.179 e. The standard InChI is InChI=1S/C18H26N6O2.2H2/c1-10(2)13-6-12(21-9-26-11(3)25)7-14(13)18-23-22-16-8-20-17-15(24(16)18)4-5-19-17;;/h4-5,8,10-14,19,21,25H,6-7,9H2,1-3H3;2*1H/t11?,12-,13+,14-;;/m1../s1. The van der Waals surface area contributed by atoms with Crippen LogP contribution in [0.15, 0.2) is 18.5 Å². The molecule has 0 spiro atoms. The Morgan fingerprint density at radius 1 is 1.38 bits per heavy atom. The van der Waals surface area contributed by atoms with Gasteiger partial charge in [0, 0.05) is 21.0 Å². The highest BCUT2D eigenvalue weighted by Crippen LogP contribution is 2.43. The van der Waals surface area contributed by atoms with Crippen molar-refractivity contribution in [1.29, 1.82) is 0 Å². The van der Waals surface area contributed by atoms with Gasteiger partial charge in [-0.05, 0) is 37.7 Å². The first-order valence-corrected chi connectivity index (χ1v) is 9.24. The molecule has 8 heteroatoms. The highest BCUT2D eigenvalue weighted by atomic mass is 16.6. The van der Waals surface area contributed by atoms with E-state index in [1.807, 2.05) is 12.3 Å². The van der Waals surface area contributed by atoms with Gasteiger partial charge in [-0.2, -0.15) is 0 Å². The minimum atomic E-state index is -0.754. The summed E-state index contributed by atoms with van der Waals surface area (Å²) < 4.78 is 7.37. The molecular weight excluding hydrogens is 332 g/mol. The zero-order valence-corrected chi connectivity index (χ0v) is 15.4. The van der Waals surface area contributed by atoms with E-state index in [4.69, 9.17) is 4.74 Å². The zero-order valence-electron chi connectivity index (χ0n) is 15.4. The second-order valence-electron chi connectivity index (χ2n) is 7.52. The molecule has 0 aliphatic heterocycles. The molecule has 0 aromatic carbocycles. The lowest BCUT2D eigenvalue weighted by atomic mass is 9.85. The van der Waals surface area contributed by atoms with Gasteiger partial charge in [-0.25, -0.2) is 4.98 Å². The number of hydrogen-bond acceptors (Lipinski definition) is 6. The number of nitrogens with zero attached hydrogens (tertiary/aromatic N) is 4. The third-order valence-electron chi connectivity index (χ3n) is 5.46. The van der Waals surface area contributed by atoms with Gasteiger partial charge in [-0.3, -0.25) is 9.72 Å². The average molecular weight is 362 g/mol. The molecule has 3 aromatic rings. The van der Waals surface area contributed by atoms with E-state index < -0.39 is 6.29 Å². The van der Waals surface area contributed by atoms with Gasteiger partial charge < -0.3 is 14.8 Å². The highest BCUT2D eigenvalue weighted by Gasteiger charge is 2.39. The number of H-pyrrole nitrogens is 1. The number of nitrogens with one attached hydrogen (secondary N) is 2. The van der Waals surface area contributed by atoms with Gasteiger partial charge in [0.2, 0.25) is 0 Å². The Morgan fingerprint density at radius 3 is 3.00 bits per heavy atom. The molecule has 0 amide bonds. The largest absolute Gasteiger partial charge is 0.368 e. The molecular formula is C18H30N6O2. The molecule has 26 heavy (non-hydrogen) atoms. The molecule has 1 unspecified atom stereocenters. The van der Waals surface area contributed by atoms with Crippen LogP contribution in [-0.4, -0.2) is 48.7 Å². The Labute approximate surface area is 155 Å². The van der Waals surface area contributed by atoms with Crippen molar-refractivity contribution < 1.29 is 12.7 Å². The van der Waals surface area contributed by atoms with Crippen molar-refractivity contribution in [2.24, 2.45) is 11.8 Å². The molecule has 3 N–H and O–H groups in total. The van der Waals surface area contributed by atoms with Gasteiger partial charge >= 0.3 is 0 Å². The topological polar surface area (TPSA) is 100 Å². The Bertz CT molecular complexity index is 897. The Kier molecular flexibility index (Phi) is 4.64. The summed E-state index contributed by atoms with van der Waals surface area (Å²) in [7, 11) is 0. The number of aromatic amines is 1. The van der Waals surface area contributed by atoms with Crippen molar-refractivity contribution in [2.45, 2.75) is 51.9 Å². The first-order valence-electron chi connectivity index (χ1n) is 9.24. The molecule has 8 nitrogen and oxygen atoms in total. The van der Waals surface area contributed by atoms with Crippen molar-refractivity contribution in [3.63, 3.8) is 0 Å². The van der Waals surface area contributed by atoms with E-state index >= 15 is 0 Å². The minimum absolute atomic E-state index is 0. The number of aliphatic hydroxyl groups is 1. The van der Waals surface area contributed by atoms with Crippen LogP contribution in [0.1, 0.15) is 48.2 Å². The fraction of sp³-hybridized carbons (Fsp3) is 0.611. The quantitative estimate of drug-likeness (QED) is 0.583. The number of fused-ring (bicyclic) bond motifs is 3. The van der Waals surface area contributed by atoms with Crippen LogP contribution in [0.2, 0.25) is 0 Å². The number of aliphatic hydroxyl groups excluding tert-OH is 1. The first-order chi connectivity index (χ1) is 12.5. The molecule has 144 valence electrons. The molecule has 1 fully saturated rings. The summed E-state index contributed by atoms with van der Waals surface area (Å²) in [5.41, 5.74) is 2.64. The van der Waals surface area contributed by atoms with Gasteiger partial charge in [0.1, 0.15) is 5.82 Å². The van der Waals surface area contributed by atoms with Crippen molar-refractivity contribution in [1.82, 2.24) is 29.9 Å². The summed E-state index contributed by atoms with van der Waals surface area (Å²) in [5.74, 6) is 2.37. The summed E-state index contributed by atoms with van der Waals surface area (Å²) in [4.78, 5) is 7.56. The van der Waals surface area contributed by atoms with Gasteiger partial charge in [0.25, 0.3) is 0 Å².